The van der Waals surface area contributed by atoms with Crippen LogP contribution < -0.4 is 9.47 Å². The average molecular weight is 437 g/mol. The van der Waals surface area contributed by atoms with Crippen molar-refractivity contribution in [2.45, 2.75) is 47.0 Å². The van der Waals surface area contributed by atoms with Crippen molar-refractivity contribution < 1.29 is 9.47 Å². The minimum atomic E-state index is -0.152. The first-order valence-electron chi connectivity index (χ1n) is 11.4. The second-order valence-corrected chi connectivity index (χ2v) is 9.42. The van der Waals surface area contributed by atoms with Gasteiger partial charge in [0.05, 0.1) is 0 Å². The predicted molar refractivity (Wildman–Crippen MR) is 137 cm³/mol. The lowest BCUT2D eigenvalue weighted by Crippen LogP contribution is -2.19. The zero-order valence-corrected chi connectivity index (χ0v) is 20.4. The topological polar surface area (TPSA) is 18.5 Å². The summed E-state index contributed by atoms with van der Waals surface area (Å²) in [6, 6.07) is 29.3. The van der Waals surface area contributed by atoms with E-state index in [9.17, 15) is 0 Å². The van der Waals surface area contributed by atoms with Gasteiger partial charge in [0, 0.05) is 5.41 Å². The third kappa shape index (κ3) is 5.12. The molecule has 0 heterocycles. The van der Waals surface area contributed by atoms with Crippen molar-refractivity contribution in [1.29, 1.82) is 0 Å². The van der Waals surface area contributed by atoms with E-state index in [0.29, 0.717) is 0 Å². The summed E-state index contributed by atoms with van der Waals surface area (Å²) >= 11 is 0. The summed E-state index contributed by atoms with van der Waals surface area (Å²) in [5.74, 6) is 3.49. The van der Waals surface area contributed by atoms with Crippen LogP contribution in [0.3, 0.4) is 0 Å². The van der Waals surface area contributed by atoms with E-state index in [4.69, 9.17) is 9.47 Å². The SMILES string of the molecule is Cc1ccc(Oc2ccc(C(C)(C)c3ccc(Oc4ccc(C)cc4)c(C)c3)cc2C)cc1. The van der Waals surface area contributed by atoms with E-state index >= 15 is 0 Å². The lowest BCUT2D eigenvalue weighted by atomic mass is 9.77. The van der Waals surface area contributed by atoms with Gasteiger partial charge in [-0.15, -0.1) is 0 Å². The summed E-state index contributed by atoms with van der Waals surface area (Å²) < 4.78 is 12.2. The van der Waals surface area contributed by atoms with Crippen LogP contribution in [0.2, 0.25) is 0 Å². The molecule has 0 fully saturated rings. The Morgan fingerprint density at radius 1 is 0.485 bits per heavy atom. The van der Waals surface area contributed by atoms with Gasteiger partial charge in [-0.3, -0.25) is 0 Å². The van der Waals surface area contributed by atoms with E-state index in [0.717, 1.165) is 34.1 Å². The molecule has 0 spiro atoms. The first-order chi connectivity index (χ1) is 15.7. The van der Waals surface area contributed by atoms with E-state index in [1.54, 1.807) is 0 Å². The minimum Gasteiger partial charge on any atom is -0.457 e. The van der Waals surface area contributed by atoms with E-state index in [1.807, 2.05) is 24.3 Å². The summed E-state index contributed by atoms with van der Waals surface area (Å²) in [6.07, 6.45) is 0. The van der Waals surface area contributed by atoms with Crippen molar-refractivity contribution in [1.82, 2.24) is 0 Å². The highest BCUT2D eigenvalue weighted by Crippen LogP contribution is 2.37. The number of ether oxygens (including phenoxy) is 2. The lowest BCUT2D eigenvalue weighted by Gasteiger charge is -2.28. The molecule has 0 aliphatic heterocycles. The van der Waals surface area contributed by atoms with Gasteiger partial charge in [-0.25, -0.2) is 0 Å². The second kappa shape index (κ2) is 9.15. The molecule has 0 aliphatic rings. The highest BCUT2D eigenvalue weighted by molar-refractivity contribution is 5.48. The molecule has 2 nitrogen and oxygen atoms in total. The zero-order valence-electron chi connectivity index (χ0n) is 20.4. The Bertz CT molecular complexity index is 1150. The monoisotopic (exact) mass is 436 g/mol. The fourth-order valence-electron chi connectivity index (χ4n) is 3.94. The maximum atomic E-state index is 6.12. The Labute approximate surface area is 197 Å². The van der Waals surface area contributed by atoms with Crippen LogP contribution in [0.4, 0.5) is 0 Å². The number of hydrogen-bond donors (Lipinski definition) is 0. The Morgan fingerprint density at radius 2 is 0.848 bits per heavy atom. The minimum absolute atomic E-state index is 0.152. The molecule has 0 saturated carbocycles. The molecule has 0 bridgehead atoms. The Balaban J connectivity index is 1.55. The zero-order chi connectivity index (χ0) is 23.6. The molecule has 0 N–H and O–H groups in total. The van der Waals surface area contributed by atoms with E-state index in [1.165, 1.54) is 22.3 Å². The van der Waals surface area contributed by atoms with Crippen molar-refractivity contribution in [2.24, 2.45) is 0 Å². The standard InChI is InChI=1S/C31H32O2/c1-21-7-13-27(14-8-21)32-29-17-11-25(19-23(29)3)31(5,6)26-12-18-30(24(4)20-26)33-28-15-9-22(2)10-16-28/h7-20H,1-6H3. The van der Waals surface area contributed by atoms with Gasteiger partial charge in [0.15, 0.2) is 0 Å². The summed E-state index contributed by atoms with van der Waals surface area (Å²) in [5.41, 5.74) is 7.05. The van der Waals surface area contributed by atoms with Crippen LogP contribution in [0.5, 0.6) is 23.0 Å². The largest absolute Gasteiger partial charge is 0.457 e. The molecule has 0 aromatic heterocycles. The molecule has 0 atom stereocenters. The van der Waals surface area contributed by atoms with Crippen LogP contribution in [0.1, 0.15) is 47.2 Å². The van der Waals surface area contributed by atoms with Crippen LogP contribution in [0.15, 0.2) is 84.9 Å². The molecule has 0 saturated heterocycles. The van der Waals surface area contributed by atoms with Crippen LogP contribution in [-0.2, 0) is 5.41 Å². The Kier molecular flexibility index (Phi) is 6.29. The molecule has 0 radical (unpaired) electrons. The van der Waals surface area contributed by atoms with Crippen molar-refractivity contribution in [3.63, 3.8) is 0 Å². The number of hydrogen-bond acceptors (Lipinski definition) is 2. The average Bonchev–Trinajstić information content (AvgIpc) is 2.79. The lowest BCUT2D eigenvalue weighted by molar-refractivity contribution is 0.477. The summed E-state index contributed by atoms with van der Waals surface area (Å²) in [4.78, 5) is 0. The van der Waals surface area contributed by atoms with Crippen molar-refractivity contribution in [3.05, 3.63) is 118 Å². The fourth-order valence-corrected chi connectivity index (χ4v) is 3.94. The molecule has 4 aromatic rings. The third-order valence-electron chi connectivity index (χ3n) is 6.29. The quantitative estimate of drug-likeness (QED) is 0.300. The van der Waals surface area contributed by atoms with Gasteiger partial charge in [0.25, 0.3) is 0 Å². The van der Waals surface area contributed by atoms with E-state index in [-0.39, 0.29) is 5.41 Å². The summed E-state index contributed by atoms with van der Waals surface area (Å²) in [5, 5.41) is 0. The maximum absolute atomic E-state index is 6.12. The van der Waals surface area contributed by atoms with Crippen molar-refractivity contribution >= 4 is 0 Å². The maximum Gasteiger partial charge on any atom is 0.130 e. The molecule has 168 valence electrons. The molecule has 4 rings (SSSR count). The number of aryl methyl sites for hydroxylation is 4. The molecule has 2 heteroatoms. The number of benzene rings is 4. The van der Waals surface area contributed by atoms with E-state index < -0.39 is 0 Å². The normalized spacial score (nSPS) is 11.3. The molecule has 33 heavy (non-hydrogen) atoms. The van der Waals surface area contributed by atoms with Gasteiger partial charge in [-0.05, 0) is 86.3 Å². The molecule has 0 aliphatic carbocycles. The highest BCUT2D eigenvalue weighted by atomic mass is 16.5. The van der Waals surface area contributed by atoms with Gasteiger partial charge in [-0.1, -0.05) is 73.5 Å². The van der Waals surface area contributed by atoms with Gasteiger partial charge in [0.1, 0.15) is 23.0 Å². The van der Waals surface area contributed by atoms with Gasteiger partial charge >= 0.3 is 0 Å². The first-order valence-corrected chi connectivity index (χ1v) is 11.4. The van der Waals surface area contributed by atoms with Crippen molar-refractivity contribution in [3.8, 4) is 23.0 Å². The molecular formula is C31H32O2. The smallest absolute Gasteiger partial charge is 0.130 e. The van der Waals surface area contributed by atoms with Crippen molar-refractivity contribution in [2.75, 3.05) is 0 Å². The molecule has 4 aromatic carbocycles. The first kappa shape index (κ1) is 22.7. The van der Waals surface area contributed by atoms with Gasteiger partial charge in [-0.2, -0.15) is 0 Å². The highest BCUT2D eigenvalue weighted by Gasteiger charge is 2.24. The molecule has 0 unspecified atom stereocenters. The van der Waals surface area contributed by atoms with Crippen LogP contribution in [0, 0.1) is 27.7 Å². The van der Waals surface area contributed by atoms with E-state index in [2.05, 4.69) is 102 Å². The van der Waals surface area contributed by atoms with Gasteiger partial charge in [0.2, 0.25) is 0 Å². The van der Waals surface area contributed by atoms with Crippen LogP contribution in [-0.4, -0.2) is 0 Å². The third-order valence-corrected chi connectivity index (χ3v) is 6.29. The summed E-state index contributed by atoms with van der Waals surface area (Å²) in [7, 11) is 0. The number of rotatable bonds is 6. The second-order valence-electron chi connectivity index (χ2n) is 9.42. The fraction of sp³-hybridized carbons (Fsp3) is 0.226. The Morgan fingerprint density at radius 3 is 1.18 bits per heavy atom. The summed E-state index contributed by atoms with van der Waals surface area (Å²) in [6.45, 7) is 12.9. The molecule has 0 amide bonds. The van der Waals surface area contributed by atoms with Crippen LogP contribution >= 0.6 is 0 Å². The van der Waals surface area contributed by atoms with Crippen LogP contribution in [0.25, 0.3) is 0 Å². The molecular weight excluding hydrogens is 404 g/mol. The Hall–Kier alpha value is -3.52. The van der Waals surface area contributed by atoms with Gasteiger partial charge < -0.3 is 9.47 Å². The predicted octanol–water partition coefficient (Wildman–Crippen LogP) is 8.83.